The SMILES string of the molecule is Cc1cc(C(=O)O)nc(N2CCc3sccc3C2)n1. The van der Waals surface area contributed by atoms with E-state index in [1.807, 2.05) is 4.90 Å². The number of fused-ring (bicyclic) bond motifs is 1. The molecule has 6 heteroatoms. The topological polar surface area (TPSA) is 66.3 Å². The number of hydrogen-bond acceptors (Lipinski definition) is 5. The van der Waals surface area contributed by atoms with Crippen LogP contribution >= 0.6 is 11.3 Å². The van der Waals surface area contributed by atoms with Gasteiger partial charge in [-0.25, -0.2) is 14.8 Å². The van der Waals surface area contributed by atoms with Crippen LogP contribution in [0.1, 0.15) is 26.6 Å². The average Bonchev–Trinajstić information content (AvgIpc) is 2.85. The largest absolute Gasteiger partial charge is 0.477 e. The monoisotopic (exact) mass is 275 g/mol. The fourth-order valence-electron chi connectivity index (χ4n) is 2.22. The van der Waals surface area contributed by atoms with Crippen molar-refractivity contribution in [2.75, 3.05) is 11.4 Å². The van der Waals surface area contributed by atoms with Crippen molar-refractivity contribution in [1.29, 1.82) is 0 Å². The lowest BCUT2D eigenvalue weighted by atomic mass is 10.1. The molecule has 2 aromatic rings. The van der Waals surface area contributed by atoms with Gasteiger partial charge in [-0.1, -0.05) is 0 Å². The van der Waals surface area contributed by atoms with Crippen molar-refractivity contribution in [1.82, 2.24) is 9.97 Å². The van der Waals surface area contributed by atoms with Gasteiger partial charge in [0.05, 0.1) is 0 Å². The molecule has 0 unspecified atom stereocenters. The molecule has 98 valence electrons. The molecule has 2 aromatic heterocycles. The molecule has 0 aromatic carbocycles. The molecule has 3 rings (SSSR count). The van der Waals surface area contributed by atoms with Gasteiger partial charge < -0.3 is 10.0 Å². The van der Waals surface area contributed by atoms with Crippen LogP contribution in [0.2, 0.25) is 0 Å². The van der Waals surface area contributed by atoms with E-state index in [0.29, 0.717) is 11.6 Å². The summed E-state index contributed by atoms with van der Waals surface area (Å²) >= 11 is 1.77. The van der Waals surface area contributed by atoms with Gasteiger partial charge in [0, 0.05) is 23.7 Å². The highest BCUT2D eigenvalue weighted by Crippen LogP contribution is 2.26. The second-order valence-electron chi connectivity index (χ2n) is 4.54. The van der Waals surface area contributed by atoms with Crippen molar-refractivity contribution in [3.05, 3.63) is 39.3 Å². The average molecular weight is 275 g/mol. The molecule has 1 aliphatic heterocycles. The molecular weight excluding hydrogens is 262 g/mol. The predicted molar refractivity (Wildman–Crippen MR) is 72.8 cm³/mol. The molecule has 0 amide bonds. The summed E-state index contributed by atoms with van der Waals surface area (Å²) in [5.41, 5.74) is 2.02. The van der Waals surface area contributed by atoms with Gasteiger partial charge in [-0.15, -0.1) is 11.3 Å². The Morgan fingerprint density at radius 3 is 3.11 bits per heavy atom. The van der Waals surface area contributed by atoms with Gasteiger partial charge in [-0.2, -0.15) is 0 Å². The summed E-state index contributed by atoms with van der Waals surface area (Å²) in [5.74, 6) is -0.505. The van der Waals surface area contributed by atoms with Crippen LogP contribution in [0.3, 0.4) is 0 Å². The van der Waals surface area contributed by atoms with E-state index in [1.54, 1.807) is 18.3 Å². The van der Waals surface area contributed by atoms with Crippen molar-refractivity contribution in [3.8, 4) is 0 Å². The fraction of sp³-hybridized carbons (Fsp3) is 0.308. The highest BCUT2D eigenvalue weighted by Gasteiger charge is 2.20. The minimum Gasteiger partial charge on any atom is -0.477 e. The van der Waals surface area contributed by atoms with E-state index < -0.39 is 5.97 Å². The summed E-state index contributed by atoms with van der Waals surface area (Å²) < 4.78 is 0. The first-order valence-corrected chi connectivity index (χ1v) is 6.90. The number of carboxylic acid groups (broad SMARTS) is 1. The number of aromatic carboxylic acids is 1. The second-order valence-corrected chi connectivity index (χ2v) is 5.54. The minimum atomic E-state index is -1.01. The van der Waals surface area contributed by atoms with E-state index >= 15 is 0 Å². The number of aromatic nitrogens is 2. The Bertz CT molecular complexity index is 639. The number of rotatable bonds is 2. The Hall–Kier alpha value is -1.95. The molecule has 19 heavy (non-hydrogen) atoms. The lowest BCUT2D eigenvalue weighted by molar-refractivity contribution is 0.0690. The molecular formula is C13H13N3O2S. The molecule has 1 aliphatic rings. The number of aryl methyl sites for hydroxylation is 1. The molecule has 0 fully saturated rings. The Labute approximate surface area is 114 Å². The molecule has 0 atom stereocenters. The number of carbonyl (C=O) groups is 1. The van der Waals surface area contributed by atoms with Crippen molar-refractivity contribution >= 4 is 23.3 Å². The maximum atomic E-state index is 11.0. The van der Waals surface area contributed by atoms with Crippen LogP contribution in [-0.2, 0) is 13.0 Å². The first kappa shape index (κ1) is 12.1. The van der Waals surface area contributed by atoms with Crippen LogP contribution < -0.4 is 4.90 Å². The Morgan fingerprint density at radius 2 is 2.32 bits per heavy atom. The van der Waals surface area contributed by atoms with Crippen molar-refractivity contribution in [3.63, 3.8) is 0 Å². The van der Waals surface area contributed by atoms with E-state index in [4.69, 9.17) is 5.11 Å². The predicted octanol–water partition coefficient (Wildman–Crippen LogP) is 2.11. The van der Waals surface area contributed by atoms with Crippen molar-refractivity contribution < 1.29 is 9.90 Å². The van der Waals surface area contributed by atoms with E-state index in [0.717, 1.165) is 19.5 Å². The van der Waals surface area contributed by atoms with Crippen LogP contribution in [0.4, 0.5) is 5.95 Å². The lowest BCUT2D eigenvalue weighted by Crippen LogP contribution is -2.31. The number of nitrogens with zero attached hydrogens (tertiary/aromatic N) is 3. The summed E-state index contributed by atoms with van der Waals surface area (Å²) in [6.07, 6.45) is 0.965. The quantitative estimate of drug-likeness (QED) is 0.909. The molecule has 0 aliphatic carbocycles. The third-order valence-electron chi connectivity index (χ3n) is 3.15. The van der Waals surface area contributed by atoms with E-state index in [2.05, 4.69) is 21.4 Å². The van der Waals surface area contributed by atoms with Gasteiger partial charge in [0.2, 0.25) is 5.95 Å². The summed E-state index contributed by atoms with van der Waals surface area (Å²) in [7, 11) is 0. The van der Waals surface area contributed by atoms with Crippen molar-refractivity contribution in [2.45, 2.75) is 19.9 Å². The zero-order valence-corrected chi connectivity index (χ0v) is 11.3. The molecule has 0 saturated carbocycles. The summed E-state index contributed by atoms with van der Waals surface area (Å²) in [4.78, 5) is 23.0. The Morgan fingerprint density at radius 1 is 1.47 bits per heavy atom. The standard InChI is InChI=1S/C13H13N3O2S/c1-8-6-10(12(17)18)15-13(14-8)16-4-2-11-9(7-16)3-5-19-11/h3,5-6H,2,4,7H2,1H3,(H,17,18). The zero-order chi connectivity index (χ0) is 13.4. The summed E-state index contributed by atoms with van der Waals surface area (Å²) in [5, 5.41) is 11.1. The number of thiophene rings is 1. The molecule has 0 spiro atoms. The third kappa shape index (κ3) is 2.31. The minimum absolute atomic E-state index is 0.0543. The van der Waals surface area contributed by atoms with Gasteiger partial charge in [-0.05, 0) is 36.4 Å². The normalized spacial score (nSPS) is 14.3. The molecule has 0 saturated heterocycles. The fourth-order valence-corrected chi connectivity index (χ4v) is 3.11. The van der Waals surface area contributed by atoms with Crippen LogP contribution in [-0.4, -0.2) is 27.6 Å². The smallest absolute Gasteiger partial charge is 0.354 e. The molecule has 1 N–H and O–H groups in total. The highest BCUT2D eigenvalue weighted by atomic mass is 32.1. The van der Waals surface area contributed by atoms with Gasteiger partial charge in [-0.3, -0.25) is 0 Å². The number of carboxylic acids is 1. The van der Waals surface area contributed by atoms with E-state index in [9.17, 15) is 4.79 Å². The van der Waals surface area contributed by atoms with Gasteiger partial charge in [0.25, 0.3) is 0 Å². The summed E-state index contributed by atoms with van der Waals surface area (Å²) in [6, 6.07) is 3.60. The molecule has 0 bridgehead atoms. The highest BCUT2D eigenvalue weighted by molar-refractivity contribution is 7.10. The molecule has 5 nitrogen and oxygen atoms in total. The zero-order valence-electron chi connectivity index (χ0n) is 10.5. The van der Waals surface area contributed by atoms with E-state index in [1.165, 1.54) is 16.5 Å². The van der Waals surface area contributed by atoms with Gasteiger partial charge >= 0.3 is 5.97 Å². The molecule has 3 heterocycles. The number of anilines is 1. The lowest BCUT2D eigenvalue weighted by Gasteiger charge is -2.27. The van der Waals surface area contributed by atoms with Crippen LogP contribution in [0.25, 0.3) is 0 Å². The van der Waals surface area contributed by atoms with Gasteiger partial charge in [0.15, 0.2) is 5.69 Å². The van der Waals surface area contributed by atoms with Gasteiger partial charge in [0.1, 0.15) is 0 Å². The van der Waals surface area contributed by atoms with Crippen LogP contribution in [0.5, 0.6) is 0 Å². The second kappa shape index (κ2) is 4.62. The van der Waals surface area contributed by atoms with Crippen LogP contribution in [0.15, 0.2) is 17.5 Å². The maximum Gasteiger partial charge on any atom is 0.354 e. The van der Waals surface area contributed by atoms with Crippen molar-refractivity contribution in [2.24, 2.45) is 0 Å². The first-order chi connectivity index (χ1) is 9.13. The third-order valence-corrected chi connectivity index (χ3v) is 4.18. The van der Waals surface area contributed by atoms with Crippen LogP contribution in [0, 0.1) is 6.92 Å². The van der Waals surface area contributed by atoms with E-state index in [-0.39, 0.29) is 5.69 Å². The Kier molecular flexibility index (Phi) is 2.94. The molecule has 0 radical (unpaired) electrons. The summed E-state index contributed by atoms with van der Waals surface area (Å²) in [6.45, 7) is 3.37. The Balaban J connectivity index is 1.93. The first-order valence-electron chi connectivity index (χ1n) is 6.02. The number of hydrogen-bond donors (Lipinski definition) is 1. The maximum absolute atomic E-state index is 11.0.